The van der Waals surface area contributed by atoms with E-state index in [0.717, 1.165) is 68.5 Å². The van der Waals surface area contributed by atoms with Crippen LogP contribution in [-0.2, 0) is 4.74 Å². The summed E-state index contributed by atoms with van der Waals surface area (Å²) in [5.74, 6) is 2.34. The number of hydrogen-bond donors (Lipinski definition) is 1. The molecule has 1 unspecified atom stereocenters. The van der Waals surface area contributed by atoms with E-state index in [0.29, 0.717) is 29.4 Å². The van der Waals surface area contributed by atoms with Gasteiger partial charge in [-0.1, -0.05) is 0 Å². The molecule has 3 aromatic rings. The van der Waals surface area contributed by atoms with Gasteiger partial charge in [-0.2, -0.15) is 10.1 Å². The van der Waals surface area contributed by atoms with E-state index in [1.54, 1.807) is 0 Å². The van der Waals surface area contributed by atoms with Crippen LogP contribution in [0.5, 0.6) is 5.88 Å². The van der Waals surface area contributed by atoms with Crippen LogP contribution in [0.2, 0.25) is 0 Å². The summed E-state index contributed by atoms with van der Waals surface area (Å²) in [4.78, 5) is 12.2. The first-order valence-electron chi connectivity index (χ1n) is 12.1. The molecule has 0 spiro atoms. The summed E-state index contributed by atoms with van der Waals surface area (Å²) >= 11 is 0. The first kappa shape index (κ1) is 22.2. The number of aryl methyl sites for hydroxylation is 1. The zero-order valence-electron chi connectivity index (χ0n) is 20.0. The Bertz CT molecular complexity index is 1090. The van der Waals surface area contributed by atoms with Crippen LogP contribution in [0.25, 0.3) is 22.6 Å². The van der Waals surface area contributed by atoms with Gasteiger partial charge < -0.3 is 24.1 Å². The maximum Gasteiger partial charge on any atom is 0.229 e. The van der Waals surface area contributed by atoms with Crippen molar-refractivity contribution in [2.24, 2.45) is 0 Å². The van der Waals surface area contributed by atoms with Crippen molar-refractivity contribution in [2.75, 3.05) is 32.1 Å². The largest absolute Gasteiger partial charge is 0.474 e. The van der Waals surface area contributed by atoms with Crippen LogP contribution in [-0.4, -0.2) is 63.5 Å². The lowest BCUT2D eigenvalue weighted by Gasteiger charge is -2.34. The van der Waals surface area contributed by atoms with E-state index in [1.807, 2.05) is 30.8 Å². The van der Waals surface area contributed by atoms with Crippen molar-refractivity contribution in [3.05, 3.63) is 17.8 Å². The second-order valence-electron chi connectivity index (χ2n) is 9.26. The number of piperidine rings is 1. The van der Waals surface area contributed by atoms with Crippen molar-refractivity contribution in [1.29, 1.82) is 0 Å². The molecule has 2 aliphatic rings. The zero-order chi connectivity index (χ0) is 22.9. The third-order valence-corrected chi connectivity index (χ3v) is 6.68. The summed E-state index contributed by atoms with van der Waals surface area (Å²) in [5.41, 5.74) is 1.59. The molecule has 9 heteroatoms. The summed E-state index contributed by atoms with van der Waals surface area (Å²) in [6, 6.07) is 4.31. The van der Waals surface area contributed by atoms with E-state index in [1.165, 1.54) is 0 Å². The van der Waals surface area contributed by atoms with Gasteiger partial charge in [0.25, 0.3) is 0 Å². The highest BCUT2D eigenvalue weighted by Gasteiger charge is 2.28. The fraction of sp³-hybridized carbons (Fsp3) is 0.625. The van der Waals surface area contributed by atoms with Gasteiger partial charge in [0, 0.05) is 38.9 Å². The Kier molecular flexibility index (Phi) is 6.25. The molecule has 2 fully saturated rings. The third kappa shape index (κ3) is 4.44. The Hall–Kier alpha value is -2.65. The Labute approximate surface area is 194 Å². The second-order valence-corrected chi connectivity index (χ2v) is 9.26. The number of hydrogen-bond acceptors (Lipinski definition) is 8. The molecule has 178 valence electrons. The Morgan fingerprint density at radius 2 is 1.94 bits per heavy atom. The second kappa shape index (κ2) is 9.30. The molecule has 33 heavy (non-hydrogen) atoms. The molecule has 5 heterocycles. The quantitative estimate of drug-likeness (QED) is 0.587. The van der Waals surface area contributed by atoms with E-state index in [-0.39, 0.29) is 12.3 Å². The maximum atomic E-state index is 6.54. The SMILES string of the molecule is CNc1ccc(-c2nc(OC3CCN(C(C)C)CC3)c3c(C)nn(C4CCCCO4)c3n2)o1. The maximum absolute atomic E-state index is 6.54. The predicted molar refractivity (Wildman–Crippen MR) is 127 cm³/mol. The number of nitrogens with zero attached hydrogens (tertiary/aromatic N) is 5. The molecule has 1 atom stereocenters. The van der Waals surface area contributed by atoms with Gasteiger partial charge in [0.2, 0.25) is 11.7 Å². The number of ether oxygens (including phenoxy) is 2. The van der Waals surface area contributed by atoms with Crippen LogP contribution in [0.1, 0.15) is 57.9 Å². The molecule has 0 amide bonds. The Balaban J connectivity index is 1.54. The number of anilines is 1. The summed E-state index contributed by atoms with van der Waals surface area (Å²) in [7, 11) is 1.82. The van der Waals surface area contributed by atoms with Gasteiger partial charge in [-0.3, -0.25) is 0 Å². The van der Waals surface area contributed by atoms with Crippen LogP contribution in [0.15, 0.2) is 16.5 Å². The highest BCUT2D eigenvalue weighted by molar-refractivity contribution is 5.85. The van der Waals surface area contributed by atoms with Crippen molar-refractivity contribution >= 4 is 16.9 Å². The van der Waals surface area contributed by atoms with Gasteiger partial charge in [0.1, 0.15) is 11.5 Å². The molecule has 2 aliphatic heterocycles. The van der Waals surface area contributed by atoms with Crippen LogP contribution >= 0.6 is 0 Å². The molecule has 0 aromatic carbocycles. The standard InChI is InChI=1S/C24H34N6O3/c1-15(2)29-12-10-17(11-13-29)32-24-21-16(3)28-30(20-7-5-6-14-31-20)23(21)26-22(27-24)18-8-9-19(25-4)33-18/h8-9,15,17,20,25H,5-7,10-14H2,1-4H3. The van der Waals surface area contributed by atoms with Crippen LogP contribution in [0, 0.1) is 6.92 Å². The lowest BCUT2D eigenvalue weighted by atomic mass is 10.1. The van der Waals surface area contributed by atoms with Crippen LogP contribution in [0.3, 0.4) is 0 Å². The molecule has 1 N–H and O–H groups in total. The lowest BCUT2D eigenvalue weighted by Crippen LogP contribution is -2.41. The van der Waals surface area contributed by atoms with Crippen molar-refractivity contribution in [2.45, 2.75) is 71.2 Å². The highest BCUT2D eigenvalue weighted by atomic mass is 16.5. The van der Waals surface area contributed by atoms with Crippen LogP contribution < -0.4 is 10.1 Å². The van der Waals surface area contributed by atoms with Gasteiger partial charge in [0.15, 0.2) is 23.5 Å². The molecule has 9 nitrogen and oxygen atoms in total. The number of furan rings is 1. The zero-order valence-corrected chi connectivity index (χ0v) is 20.0. The number of rotatable bonds is 6. The van der Waals surface area contributed by atoms with Crippen molar-refractivity contribution in [1.82, 2.24) is 24.6 Å². The third-order valence-electron chi connectivity index (χ3n) is 6.68. The molecule has 5 rings (SSSR count). The molecular weight excluding hydrogens is 420 g/mol. The molecule has 3 aromatic heterocycles. The monoisotopic (exact) mass is 454 g/mol. The minimum Gasteiger partial charge on any atom is -0.474 e. The summed E-state index contributed by atoms with van der Waals surface area (Å²) < 4.78 is 20.4. The van der Waals surface area contributed by atoms with E-state index in [4.69, 9.17) is 29.0 Å². The first-order chi connectivity index (χ1) is 16.0. The fourth-order valence-corrected chi connectivity index (χ4v) is 4.74. The molecule has 0 radical (unpaired) electrons. The van der Waals surface area contributed by atoms with Crippen molar-refractivity contribution < 1.29 is 13.9 Å². The Morgan fingerprint density at radius 1 is 1.12 bits per heavy atom. The topological polar surface area (TPSA) is 90.5 Å². The number of aromatic nitrogens is 4. The molecule has 0 saturated carbocycles. The van der Waals surface area contributed by atoms with E-state index in [2.05, 4.69) is 24.1 Å². The predicted octanol–water partition coefficient (Wildman–Crippen LogP) is 4.39. The van der Waals surface area contributed by atoms with Gasteiger partial charge in [-0.15, -0.1) is 0 Å². The summed E-state index contributed by atoms with van der Waals surface area (Å²) in [6.07, 6.45) is 5.06. The fourth-order valence-electron chi connectivity index (χ4n) is 4.74. The Morgan fingerprint density at radius 3 is 2.61 bits per heavy atom. The van der Waals surface area contributed by atoms with E-state index < -0.39 is 0 Å². The van der Waals surface area contributed by atoms with Gasteiger partial charge in [-0.05, 0) is 58.9 Å². The molecule has 0 aliphatic carbocycles. The molecule has 0 bridgehead atoms. The molecule has 2 saturated heterocycles. The van der Waals surface area contributed by atoms with Gasteiger partial charge in [-0.25, -0.2) is 9.67 Å². The average molecular weight is 455 g/mol. The van der Waals surface area contributed by atoms with E-state index in [9.17, 15) is 0 Å². The summed E-state index contributed by atoms with van der Waals surface area (Å²) in [5, 5.41) is 8.70. The number of fused-ring (bicyclic) bond motifs is 1. The van der Waals surface area contributed by atoms with Gasteiger partial charge in [0.05, 0.1) is 5.69 Å². The first-order valence-corrected chi connectivity index (χ1v) is 12.1. The van der Waals surface area contributed by atoms with Crippen molar-refractivity contribution in [3.63, 3.8) is 0 Å². The number of nitrogens with one attached hydrogen (secondary N) is 1. The van der Waals surface area contributed by atoms with Crippen molar-refractivity contribution in [3.8, 4) is 17.5 Å². The van der Waals surface area contributed by atoms with Crippen LogP contribution in [0.4, 0.5) is 5.88 Å². The normalized spacial score (nSPS) is 20.6. The molecular formula is C24H34N6O3. The summed E-state index contributed by atoms with van der Waals surface area (Å²) in [6.45, 7) is 9.28. The lowest BCUT2D eigenvalue weighted by molar-refractivity contribution is -0.0371. The minimum absolute atomic E-state index is 0.115. The average Bonchev–Trinajstić information content (AvgIpc) is 3.45. The minimum atomic E-state index is -0.121. The highest BCUT2D eigenvalue weighted by Crippen LogP contribution is 2.35. The smallest absolute Gasteiger partial charge is 0.229 e. The van der Waals surface area contributed by atoms with Gasteiger partial charge >= 0.3 is 0 Å². The van der Waals surface area contributed by atoms with E-state index >= 15 is 0 Å². The number of likely N-dealkylation sites (tertiary alicyclic amines) is 1.